The number of aromatic nitrogens is 2. The van der Waals surface area contributed by atoms with Crippen molar-refractivity contribution >= 4 is 5.69 Å². The summed E-state index contributed by atoms with van der Waals surface area (Å²) in [6.45, 7) is 4.33. The van der Waals surface area contributed by atoms with Crippen LogP contribution in [0.25, 0.3) is 0 Å². The molecule has 0 unspecified atom stereocenters. The third-order valence-corrected chi connectivity index (χ3v) is 2.82. The highest BCUT2D eigenvalue weighted by Gasteiger charge is 2.29. The second kappa shape index (κ2) is 4.84. The fraction of sp³-hybridized carbons (Fsp3) is 0.727. The van der Waals surface area contributed by atoms with Gasteiger partial charge in [0.25, 0.3) is 0 Å². The molecule has 5 nitrogen and oxygen atoms in total. The van der Waals surface area contributed by atoms with Gasteiger partial charge in [-0.1, -0.05) is 0 Å². The van der Waals surface area contributed by atoms with E-state index in [-0.39, 0.29) is 5.79 Å². The topological polar surface area (TPSA) is 62.3 Å². The molecule has 2 rings (SSSR count). The molecule has 0 aromatic carbocycles. The Balaban J connectivity index is 1.65. The van der Waals surface area contributed by atoms with Crippen LogP contribution < -0.4 is 5.73 Å². The molecule has 90 valence electrons. The van der Waals surface area contributed by atoms with Gasteiger partial charge < -0.3 is 15.2 Å². The molecule has 0 radical (unpaired) electrons. The summed E-state index contributed by atoms with van der Waals surface area (Å²) in [5.41, 5.74) is 6.30. The predicted molar refractivity (Wildman–Crippen MR) is 60.8 cm³/mol. The number of aryl methyl sites for hydroxylation is 1. The first-order chi connectivity index (χ1) is 7.68. The van der Waals surface area contributed by atoms with E-state index in [1.54, 1.807) is 6.20 Å². The molecule has 0 spiro atoms. The van der Waals surface area contributed by atoms with E-state index in [4.69, 9.17) is 15.2 Å². The number of rotatable bonds is 5. The minimum atomic E-state index is -0.358. The summed E-state index contributed by atoms with van der Waals surface area (Å²) >= 11 is 0. The van der Waals surface area contributed by atoms with E-state index >= 15 is 0 Å². The van der Waals surface area contributed by atoms with Crippen molar-refractivity contribution in [1.29, 1.82) is 0 Å². The number of hydrogen-bond acceptors (Lipinski definition) is 4. The van der Waals surface area contributed by atoms with Gasteiger partial charge in [0.15, 0.2) is 5.79 Å². The molecule has 0 saturated carbocycles. The van der Waals surface area contributed by atoms with Gasteiger partial charge in [0.2, 0.25) is 0 Å². The number of ether oxygens (including phenoxy) is 2. The van der Waals surface area contributed by atoms with Crippen LogP contribution in [0.5, 0.6) is 0 Å². The minimum Gasteiger partial charge on any atom is -0.396 e. The monoisotopic (exact) mass is 225 g/mol. The van der Waals surface area contributed by atoms with Crippen molar-refractivity contribution in [2.24, 2.45) is 0 Å². The van der Waals surface area contributed by atoms with Crippen LogP contribution in [0.2, 0.25) is 0 Å². The molecule has 5 heteroatoms. The van der Waals surface area contributed by atoms with Crippen LogP contribution in [-0.2, 0) is 16.0 Å². The van der Waals surface area contributed by atoms with Gasteiger partial charge in [0.05, 0.1) is 25.1 Å². The largest absolute Gasteiger partial charge is 0.396 e. The standard InChI is InChI=1S/C11H19N3O2/c1-11(15-6-7-16-11)4-2-3-5-14-9-10(12)8-13-14/h8-9H,2-7,12H2,1H3. The van der Waals surface area contributed by atoms with E-state index in [0.717, 1.165) is 31.5 Å². The maximum atomic E-state index is 5.58. The molecule has 16 heavy (non-hydrogen) atoms. The van der Waals surface area contributed by atoms with Crippen LogP contribution in [0.3, 0.4) is 0 Å². The van der Waals surface area contributed by atoms with E-state index < -0.39 is 0 Å². The molecule has 0 atom stereocenters. The highest BCUT2D eigenvalue weighted by atomic mass is 16.7. The van der Waals surface area contributed by atoms with Gasteiger partial charge in [-0.25, -0.2) is 0 Å². The third kappa shape index (κ3) is 2.96. The van der Waals surface area contributed by atoms with Crippen LogP contribution in [0.1, 0.15) is 26.2 Å². The summed E-state index contributed by atoms with van der Waals surface area (Å²) in [5.74, 6) is -0.358. The second-order valence-corrected chi connectivity index (χ2v) is 4.32. The summed E-state index contributed by atoms with van der Waals surface area (Å²) in [4.78, 5) is 0. The zero-order valence-electron chi connectivity index (χ0n) is 9.69. The Labute approximate surface area is 95.5 Å². The average molecular weight is 225 g/mol. The second-order valence-electron chi connectivity index (χ2n) is 4.32. The van der Waals surface area contributed by atoms with E-state index in [9.17, 15) is 0 Å². The highest BCUT2D eigenvalue weighted by Crippen LogP contribution is 2.24. The molecule has 1 aliphatic heterocycles. The summed E-state index contributed by atoms with van der Waals surface area (Å²) < 4.78 is 12.9. The fourth-order valence-corrected chi connectivity index (χ4v) is 1.92. The lowest BCUT2D eigenvalue weighted by molar-refractivity contribution is -0.147. The van der Waals surface area contributed by atoms with E-state index in [0.29, 0.717) is 13.2 Å². The number of hydrogen-bond donors (Lipinski definition) is 1. The van der Waals surface area contributed by atoms with Gasteiger partial charge in [-0.05, 0) is 19.8 Å². The van der Waals surface area contributed by atoms with Crippen LogP contribution in [0, 0.1) is 0 Å². The van der Waals surface area contributed by atoms with Gasteiger partial charge in [-0.2, -0.15) is 5.10 Å². The first kappa shape index (κ1) is 11.4. The Morgan fingerprint density at radius 2 is 2.19 bits per heavy atom. The SMILES string of the molecule is CC1(CCCCn2cc(N)cn2)OCCO1. The van der Waals surface area contributed by atoms with Crippen molar-refractivity contribution in [2.45, 2.75) is 38.5 Å². The van der Waals surface area contributed by atoms with Gasteiger partial charge in [0, 0.05) is 19.2 Å². The maximum absolute atomic E-state index is 5.58. The van der Waals surface area contributed by atoms with Crippen LogP contribution in [-0.4, -0.2) is 28.8 Å². The van der Waals surface area contributed by atoms with Gasteiger partial charge in [-0.15, -0.1) is 0 Å². The molecular formula is C11H19N3O2. The number of nitrogens with two attached hydrogens (primary N) is 1. The van der Waals surface area contributed by atoms with Crippen molar-refractivity contribution in [1.82, 2.24) is 9.78 Å². The van der Waals surface area contributed by atoms with Crippen LogP contribution >= 0.6 is 0 Å². The molecule has 2 heterocycles. The van der Waals surface area contributed by atoms with Crippen molar-refractivity contribution in [3.63, 3.8) is 0 Å². The number of anilines is 1. The minimum absolute atomic E-state index is 0.358. The Hall–Kier alpha value is -1.07. The van der Waals surface area contributed by atoms with Crippen LogP contribution in [0.4, 0.5) is 5.69 Å². The molecule has 1 aromatic rings. The van der Waals surface area contributed by atoms with Crippen molar-refractivity contribution < 1.29 is 9.47 Å². The van der Waals surface area contributed by atoms with Crippen molar-refractivity contribution in [2.75, 3.05) is 18.9 Å². The first-order valence-corrected chi connectivity index (χ1v) is 5.74. The smallest absolute Gasteiger partial charge is 0.165 e. The molecule has 0 amide bonds. The number of nitrogens with zero attached hydrogens (tertiary/aromatic N) is 2. The van der Waals surface area contributed by atoms with Gasteiger partial charge >= 0.3 is 0 Å². The predicted octanol–water partition coefficient (Wildman–Crippen LogP) is 1.40. The first-order valence-electron chi connectivity index (χ1n) is 5.74. The number of unbranched alkanes of at least 4 members (excludes halogenated alkanes) is 1. The van der Waals surface area contributed by atoms with Crippen LogP contribution in [0.15, 0.2) is 12.4 Å². The van der Waals surface area contributed by atoms with Crippen molar-refractivity contribution in [3.05, 3.63) is 12.4 Å². The molecule has 1 saturated heterocycles. The lowest BCUT2D eigenvalue weighted by Crippen LogP contribution is -2.25. The molecular weight excluding hydrogens is 206 g/mol. The third-order valence-electron chi connectivity index (χ3n) is 2.82. The summed E-state index contributed by atoms with van der Waals surface area (Å²) in [7, 11) is 0. The Kier molecular flexibility index (Phi) is 3.46. The molecule has 1 fully saturated rings. The van der Waals surface area contributed by atoms with Gasteiger partial charge in [-0.3, -0.25) is 4.68 Å². The lowest BCUT2D eigenvalue weighted by atomic mass is 10.1. The Bertz CT molecular complexity index is 332. The summed E-state index contributed by atoms with van der Waals surface area (Å²) in [6, 6.07) is 0. The summed E-state index contributed by atoms with van der Waals surface area (Å²) in [5, 5.41) is 4.13. The quantitative estimate of drug-likeness (QED) is 0.769. The van der Waals surface area contributed by atoms with E-state index in [1.807, 2.05) is 17.8 Å². The zero-order valence-corrected chi connectivity index (χ0v) is 9.69. The normalized spacial score (nSPS) is 19.1. The zero-order chi connectivity index (χ0) is 11.4. The maximum Gasteiger partial charge on any atom is 0.165 e. The molecule has 1 aromatic heterocycles. The van der Waals surface area contributed by atoms with E-state index in [2.05, 4.69) is 5.10 Å². The average Bonchev–Trinajstić information content (AvgIpc) is 2.84. The Morgan fingerprint density at radius 3 is 2.81 bits per heavy atom. The molecule has 1 aliphatic rings. The van der Waals surface area contributed by atoms with Crippen molar-refractivity contribution in [3.8, 4) is 0 Å². The fourth-order valence-electron chi connectivity index (χ4n) is 1.92. The lowest BCUT2D eigenvalue weighted by Gasteiger charge is -2.21. The van der Waals surface area contributed by atoms with E-state index in [1.165, 1.54) is 0 Å². The summed E-state index contributed by atoms with van der Waals surface area (Å²) in [6.07, 6.45) is 6.58. The molecule has 0 aliphatic carbocycles. The number of nitrogen functional groups attached to an aromatic ring is 1. The Morgan fingerprint density at radius 1 is 1.44 bits per heavy atom. The highest BCUT2D eigenvalue weighted by molar-refractivity contribution is 5.30. The molecule has 2 N–H and O–H groups in total. The molecule has 0 bridgehead atoms. The van der Waals surface area contributed by atoms with Gasteiger partial charge in [0.1, 0.15) is 0 Å².